The van der Waals surface area contributed by atoms with Crippen molar-refractivity contribution >= 4 is 11.9 Å². The minimum absolute atomic E-state index is 0.0317. The molecule has 0 aliphatic carbocycles. The lowest BCUT2D eigenvalue weighted by Gasteiger charge is -2.28. The summed E-state index contributed by atoms with van der Waals surface area (Å²) in [5.41, 5.74) is 1.23. The first-order valence-electron chi connectivity index (χ1n) is 28.9. The van der Waals surface area contributed by atoms with Gasteiger partial charge in [0.2, 0.25) is 5.91 Å². The van der Waals surface area contributed by atoms with E-state index in [2.05, 4.69) is 87.6 Å². The first-order chi connectivity index (χ1) is 30.8. The predicted molar refractivity (Wildman–Crippen MR) is 286 cm³/mol. The van der Waals surface area contributed by atoms with Crippen LogP contribution in [0.4, 0.5) is 0 Å². The van der Waals surface area contributed by atoms with Crippen molar-refractivity contribution in [1.29, 1.82) is 0 Å². The Labute approximate surface area is 404 Å². The highest BCUT2D eigenvalue weighted by Crippen LogP contribution is 2.35. The Kier molecular flexibility index (Phi) is 46.0. The molecular formula is C60H119NO3. The van der Waals surface area contributed by atoms with Crippen LogP contribution in [0.2, 0.25) is 0 Å². The summed E-state index contributed by atoms with van der Waals surface area (Å²) in [6.45, 7) is 31.6. The van der Waals surface area contributed by atoms with E-state index in [1.807, 2.05) is 0 Å². The van der Waals surface area contributed by atoms with Crippen molar-refractivity contribution < 1.29 is 14.3 Å². The van der Waals surface area contributed by atoms with E-state index in [9.17, 15) is 9.59 Å². The summed E-state index contributed by atoms with van der Waals surface area (Å²) >= 11 is 0. The van der Waals surface area contributed by atoms with Gasteiger partial charge in [-0.1, -0.05) is 254 Å². The second-order valence-corrected chi connectivity index (χ2v) is 21.8. The zero-order valence-electron chi connectivity index (χ0n) is 46.0. The SMILES string of the molecule is C=C(CCCCC(CCCCC)CCCCC)C(C)(C)CCCCCCN(CCCCCCC(C)(C)C(=O)OCCCC(CCCCC)CCCCC)C(=O)CCC.CCCCCC. The van der Waals surface area contributed by atoms with Crippen LogP contribution in [-0.4, -0.2) is 36.5 Å². The summed E-state index contributed by atoms with van der Waals surface area (Å²) in [5.74, 6) is 2.02. The zero-order valence-corrected chi connectivity index (χ0v) is 46.0. The van der Waals surface area contributed by atoms with E-state index in [1.54, 1.807) is 0 Å². The summed E-state index contributed by atoms with van der Waals surface area (Å²) in [4.78, 5) is 28.1. The van der Waals surface area contributed by atoms with Crippen molar-refractivity contribution in [3.8, 4) is 0 Å². The molecule has 0 aliphatic heterocycles. The van der Waals surface area contributed by atoms with Gasteiger partial charge in [0, 0.05) is 19.5 Å². The topological polar surface area (TPSA) is 46.6 Å². The minimum Gasteiger partial charge on any atom is -0.465 e. The average molecular weight is 903 g/mol. The maximum absolute atomic E-state index is 13.0. The fourth-order valence-corrected chi connectivity index (χ4v) is 9.40. The maximum atomic E-state index is 13.0. The Balaban J connectivity index is 0. The normalized spacial score (nSPS) is 11.9. The number of nitrogens with zero attached hydrogens (tertiary/aromatic N) is 1. The Morgan fingerprint density at radius 3 is 1.19 bits per heavy atom. The highest BCUT2D eigenvalue weighted by molar-refractivity contribution is 5.76. The zero-order chi connectivity index (χ0) is 48.2. The molecule has 0 fully saturated rings. The van der Waals surface area contributed by atoms with E-state index < -0.39 is 5.41 Å². The monoisotopic (exact) mass is 902 g/mol. The van der Waals surface area contributed by atoms with E-state index in [0.29, 0.717) is 18.9 Å². The smallest absolute Gasteiger partial charge is 0.311 e. The number of ether oxygens (including phenoxy) is 1. The average Bonchev–Trinajstić information content (AvgIpc) is 3.27. The molecule has 0 saturated heterocycles. The van der Waals surface area contributed by atoms with Crippen molar-refractivity contribution in [1.82, 2.24) is 4.90 Å². The molecule has 382 valence electrons. The Morgan fingerprint density at radius 2 is 0.781 bits per heavy atom. The summed E-state index contributed by atoms with van der Waals surface area (Å²) in [6.07, 6.45) is 47.4. The molecule has 0 aliphatic rings. The van der Waals surface area contributed by atoms with Crippen LogP contribution in [0, 0.1) is 22.7 Å². The van der Waals surface area contributed by atoms with Gasteiger partial charge in [0.25, 0.3) is 0 Å². The maximum Gasteiger partial charge on any atom is 0.311 e. The molecule has 0 rings (SSSR count). The molecule has 0 aromatic carbocycles. The third-order valence-electron chi connectivity index (χ3n) is 14.4. The molecule has 4 heteroatoms. The summed E-state index contributed by atoms with van der Waals surface area (Å²) in [6, 6.07) is 0. The molecule has 0 saturated carbocycles. The van der Waals surface area contributed by atoms with Crippen LogP contribution in [-0.2, 0) is 14.3 Å². The Hall–Kier alpha value is -1.32. The van der Waals surface area contributed by atoms with Gasteiger partial charge in [0.05, 0.1) is 12.0 Å². The molecule has 0 atom stereocenters. The molecule has 0 unspecified atom stereocenters. The van der Waals surface area contributed by atoms with Crippen molar-refractivity contribution in [2.75, 3.05) is 19.7 Å². The van der Waals surface area contributed by atoms with E-state index in [4.69, 9.17) is 4.74 Å². The van der Waals surface area contributed by atoms with E-state index >= 15 is 0 Å². The molecule has 1 amide bonds. The van der Waals surface area contributed by atoms with Crippen LogP contribution in [0.5, 0.6) is 0 Å². The van der Waals surface area contributed by atoms with Crippen LogP contribution in [0.25, 0.3) is 0 Å². The van der Waals surface area contributed by atoms with Gasteiger partial charge >= 0.3 is 5.97 Å². The van der Waals surface area contributed by atoms with Gasteiger partial charge in [-0.15, -0.1) is 0 Å². The second-order valence-electron chi connectivity index (χ2n) is 21.8. The van der Waals surface area contributed by atoms with E-state index in [-0.39, 0.29) is 11.4 Å². The van der Waals surface area contributed by atoms with Crippen LogP contribution in [0.1, 0.15) is 320 Å². The number of carbonyl (C=O) groups excluding carboxylic acids is 2. The quantitative estimate of drug-likeness (QED) is 0.0347. The van der Waals surface area contributed by atoms with Crippen molar-refractivity contribution in [3.05, 3.63) is 12.2 Å². The number of rotatable bonds is 46. The van der Waals surface area contributed by atoms with E-state index in [1.165, 1.54) is 192 Å². The van der Waals surface area contributed by atoms with Gasteiger partial charge in [-0.05, 0) is 88.9 Å². The number of amides is 1. The van der Waals surface area contributed by atoms with Gasteiger partial charge in [-0.25, -0.2) is 0 Å². The second kappa shape index (κ2) is 45.5. The van der Waals surface area contributed by atoms with Gasteiger partial charge in [-0.3, -0.25) is 9.59 Å². The first kappa shape index (κ1) is 64.8. The molecule has 4 nitrogen and oxygen atoms in total. The molecule has 0 N–H and O–H groups in total. The molecular weight excluding hydrogens is 783 g/mol. The van der Waals surface area contributed by atoms with Crippen molar-refractivity contribution in [3.63, 3.8) is 0 Å². The lowest BCUT2D eigenvalue weighted by Crippen LogP contribution is -2.32. The van der Waals surface area contributed by atoms with Gasteiger partial charge < -0.3 is 9.64 Å². The molecule has 0 heterocycles. The van der Waals surface area contributed by atoms with Gasteiger partial charge in [0.15, 0.2) is 0 Å². The molecule has 0 bridgehead atoms. The summed E-state index contributed by atoms with van der Waals surface area (Å²) in [7, 11) is 0. The standard InChI is InChI=1S/C54H105NO3.C6H14/c1-11-16-24-37-49(38-25-17-12-2)41-29-28-36-48(6)53(7,8)43-30-20-22-32-45-55(51(56)35-15-5)46-33-23-21-31-44-54(9,10)52(57)58-47-34-42-50(39-26-18-13-3)40-27-19-14-4;1-3-5-6-4-2/h49-50H,6,11-47H2,1-5,7-10H3;3-6H2,1-2H3. The largest absolute Gasteiger partial charge is 0.465 e. The number of carbonyl (C=O) groups is 2. The summed E-state index contributed by atoms with van der Waals surface area (Å²) in [5, 5.41) is 0. The number of hydrogen-bond donors (Lipinski definition) is 0. The molecule has 0 spiro atoms. The molecule has 64 heavy (non-hydrogen) atoms. The highest BCUT2D eigenvalue weighted by Gasteiger charge is 2.29. The third-order valence-corrected chi connectivity index (χ3v) is 14.4. The number of hydrogen-bond acceptors (Lipinski definition) is 3. The molecule has 0 radical (unpaired) electrons. The predicted octanol–water partition coefficient (Wildman–Crippen LogP) is 20.1. The molecule has 0 aromatic heterocycles. The fraction of sp³-hybridized carbons (Fsp3) is 0.933. The Bertz CT molecular complexity index is 940. The summed E-state index contributed by atoms with van der Waals surface area (Å²) < 4.78 is 5.82. The van der Waals surface area contributed by atoms with Crippen LogP contribution in [0.15, 0.2) is 12.2 Å². The fourth-order valence-electron chi connectivity index (χ4n) is 9.40. The van der Waals surface area contributed by atoms with Crippen LogP contribution in [0.3, 0.4) is 0 Å². The number of allylic oxidation sites excluding steroid dienone is 1. The van der Waals surface area contributed by atoms with Crippen molar-refractivity contribution in [2.45, 2.75) is 320 Å². The van der Waals surface area contributed by atoms with Gasteiger partial charge in [-0.2, -0.15) is 0 Å². The minimum atomic E-state index is -0.433. The van der Waals surface area contributed by atoms with Gasteiger partial charge in [0.1, 0.15) is 0 Å². The number of esters is 1. The third kappa shape index (κ3) is 38.8. The first-order valence-corrected chi connectivity index (χ1v) is 28.9. The molecule has 0 aromatic rings. The van der Waals surface area contributed by atoms with Crippen LogP contribution >= 0.6 is 0 Å². The van der Waals surface area contributed by atoms with E-state index in [0.717, 1.165) is 76.3 Å². The Morgan fingerprint density at radius 1 is 0.422 bits per heavy atom. The lowest BCUT2D eigenvalue weighted by molar-refractivity contribution is -0.154. The lowest BCUT2D eigenvalue weighted by atomic mass is 9.78. The number of unbranched alkanes of at least 4 members (excludes halogenated alkanes) is 18. The van der Waals surface area contributed by atoms with Crippen LogP contribution < -0.4 is 0 Å². The van der Waals surface area contributed by atoms with Crippen molar-refractivity contribution in [2.24, 2.45) is 22.7 Å². The highest BCUT2D eigenvalue weighted by atomic mass is 16.5.